The van der Waals surface area contributed by atoms with E-state index in [9.17, 15) is 17.6 Å². The number of halogens is 1. The van der Waals surface area contributed by atoms with Crippen molar-refractivity contribution in [2.45, 2.75) is 24.2 Å². The number of nitrogens with one attached hydrogen (secondary N) is 1. The third-order valence-electron chi connectivity index (χ3n) is 4.66. The lowest BCUT2D eigenvalue weighted by Crippen LogP contribution is -2.27. The molecule has 5 nitrogen and oxygen atoms in total. The molecule has 1 heterocycles. The minimum Gasteiger partial charge on any atom is -0.352 e. The number of carbonyl (C=O) groups is 1. The topological polar surface area (TPSA) is 66.5 Å². The molecular weight excluding hydrogens is 379 g/mol. The van der Waals surface area contributed by atoms with E-state index in [1.807, 2.05) is 0 Å². The molecule has 1 saturated heterocycles. The quantitative estimate of drug-likeness (QED) is 0.724. The molecule has 0 aliphatic carbocycles. The normalized spacial score (nSPS) is 15.2. The van der Waals surface area contributed by atoms with Crippen molar-refractivity contribution in [3.8, 4) is 0 Å². The zero-order chi connectivity index (χ0) is 20.0. The third-order valence-corrected chi connectivity index (χ3v) is 6.57. The summed E-state index contributed by atoms with van der Waals surface area (Å²) in [6.07, 6.45) is 5.11. The van der Waals surface area contributed by atoms with Crippen LogP contribution in [0.2, 0.25) is 0 Å². The summed E-state index contributed by atoms with van der Waals surface area (Å²) in [7, 11) is -3.40. The predicted octanol–water partition coefficient (Wildman–Crippen LogP) is 2.98. The van der Waals surface area contributed by atoms with Gasteiger partial charge in [-0.15, -0.1) is 0 Å². The van der Waals surface area contributed by atoms with Gasteiger partial charge in [0, 0.05) is 31.3 Å². The molecule has 0 saturated carbocycles. The molecule has 1 fully saturated rings. The first-order chi connectivity index (χ1) is 13.5. The fraction of sp³-hybridized carbons (Fsp3) is 0.286. The molecule has 7 heteroatoms. The molecule has 1 N–H and O–H groups in total. The number of rotatable bonds is 7. The largest absolute Gasteiger partial charge is 0.352 e. The van der Waals surface area contributed by atoms with Crippen LogP contribution in [-0.2, 0) is 21.2 Å². The third kappa shape index (κ3) is 5.05. The molecule has 0 bridgehead atoms. The van der Waals surface area contributed by atoms with E-state index in [4.69, 9.17) is 0 Å². The Morgan fingerprint density at radius 3 is 2.43 bits per heavy atom. The summed E-state index contributed by atoms with van der Waals surface area (Å²) in [6, 6.07) is 13.0. The second-order valence-corrected chi connectivity index (χ2v) is 8.59. The molecule has 0 aromatic heterocycles. The van der Waals surface area contributed by atoms with E-state index in [1.54, 1.807) is 42.5 Å². The van der Waals surface area contributed by atoms with Crippen molar-refractivity contribution in [3.63, 3.8) is 0 Å². The van der Waals surface area contributed by atoms with Gasteiger partial charge in [-0.2, -0.15) is 4.31 Å². The van der Waals surface area contributed by atoms with Crippen molar-refractivity contribution in [1.29, 1.82) is 0 Å². The molecule has 0 unspecified atom stereocenters. The van der Waals surface area contributed by atoms with E-state index < -0.39 is 10.0 Å². The second-order valence-electron chi connectivity index (χ2n) is 6.65. The Morgan fingerprint density at radius 1 is 1.07 bits per heavy atom. The molecule has 1 aliphatic rings. The Kier molecular flexibility index (Phi) is 6.59. The van der Waals surface area contributed by atoms with Gasteiger partial charge < -0.3 is 5.32 Å². The van der Waals surface area contributed by atoms with Gasteiger partial charge in [0.2, 0.25) is 15.9 Å². The van der Waals surface area contributed by atoms with Crippen molar-refractivity contribution >= 4 is 22.0 Å². The van der Waals surface area contributed by atoms with Crippen LogP contribution in [0.4, 0.5) is 4.39 Å². The van der Waals surface area contributed by atoms with Crippen molar-refractivity contribution in [2.24, 2.45) is 0 Å². The van der Waals surface area contributed by atoms with Gasteiger partial charge in [0.25, 0.3) is 0 Å². The Morgan fingerprint density at radius 2 is 1.75 bits per heavy atom. The van der Waals surface area contributed by atoms with Gasteiger partial charge in [-0.05, 0) is 49.1 Å². The van der Waals surface area contributed by atoms with Crippen LogP contribution in [0.1, 0.15) is 24.0 Å². The van der Waals surface area contributed by atoms with Crippen molar-refractivity contribution in [2.75, 3.05) is 19.6 Å². The van der Waals surface area contributed by atoms with Crippen LogP contribution in [0.3, 0.4) is 0 Å². The van der Waals surface area contributed by atoms with Crippen LogP contribution in [0.15, 0.2) is 59.5 Å². The average molecular weight is 402 g/mol. The molecule has 1 amide bonds. The average Bonchev–Trinajstić information content (AvgIpc) is 3.23. The zero-order valence-corrected chi connectivity index (χ0v) is 16.3. The molecule has 148 valence electrons. The number of sulfonamides is 1. The zero-order valence-electron chi connectivity index (χ0n) is 15.5. The van der Waals surface area contributed by atoms with Crippen LogP contribution in [0.25, 0.3) is 6.08 Å². The summed E-state index contributed by atoms with van der Waals surface area (Å²) in [4.78, 5) is 12.1. The van der Waals surface area contributed by atoms with Gasteiger partial charge in [0.15, 0.2) is 0 Å². The predicted molar refractivity (Wildman–Crippen MR) is 107 cm³/mol. The van der Waals surface area contributed by atoms with Gasteiger partial charge >= 0.3 is 0 Å². The molecule has 0 spiro atoms. The van der Waals surface area contributed by atoms with Gasteiger partial charge in [-0.3, -0.25) is 4.79 Å². The maximum Gasteiger partial charge on any atom is 0.244 e. The number of amides is 1. The lowest BCUT2D eigenvalue weighted by molar-refractivity contribution is -0.116. The van der Waals surface area contributed by atoms with Crippen molar-refractivity contribution in [3.05, 3.63) is 71.6 Å². The number of nitrogens with zero attached hydrogens (tertiary/aromatic N) is 1. The SMILES string of the molecule is O=C(/C=C/c1ccccc1F)NCCc1ccc(S(=O)(=O)N2CCCC2)cc1. The summed E-state index contributed by atoms with van der Waals surface area (Å²) in [5, 5.41) is 2.74. The number of hydrogen-bond acceptors (Lipinski definition) is 3. The number of hydrogen-bond donors (Lipinski definition) is 1. The first-order valence-corrected chi connectivity index (χ1v) is 10.7. The van der Waals surface area contributed by atoms with Crippen LogP contribution in [-0.4, -0.2) is 38.3 Å². The Labute approximate surface area is 164 Å². The van der Waals surface area contributed by atoms with E-state index in [1.165, 1.54) is 22.5 Å². The van der Waals surface area contributed by atoms with E-state index in [-0.39, 0.29) is 11.7 Å². The van der Waals surface area contributed by atoms with Crippen molar-refractivity contribution < 1.29 is 17.6 Å². The first kappa shape index (κ1) is 20.2. The van der Waals surface area contributed by atoms with Crippen molar-refractivity contribution in [1.82, 2.24) is 9.62 Å². The first-order valence-electron chi connectivity index (χ1n) is 9.26. The Bertz CT molecular complexity index is 950. The van der Waals surface area contributed by atoms with Crippen LogP contribution in [0.5, 0.6) is 0 Å². The van der Waals surface area contributed by atoms with Gasteiger partial charge in [0.05, 0.1) is 4.90 Å². The van der Waals surface area contributed by atoms with Gasteiger partial charge in [0.1, 0.15) is 5.82 Å². The summed E-state index contributed by atoms with van der Waals surface area (Å²) >= 11 is 0. The van der Waals surface area contributed by atoms with Gasteiger partial charge in [-0.1, -0.05) is 30.3 Å². The molecule has 2 aromatic rings. The standard InChI is InChI=1S/C21H23FN2O3S/c22-20-6-2-1-5-18(20)9-12-21(25)23-14-13-17-7-10-19(11-8-17)28(26,27)24-15-3-4-16-24/h1-2,5-12H,3-4,13-16H2,(H,23,25)/b12-9+. The van der Waals surface area contributed by atoms with Crippen LogP contribution in [0, 0.1) is 5.82 Å². The molecule has 1 aliphatic heterocycles. The maximum atomic E-state index is 13.5. The molecule has 28 heavy (non-hydrogen) atoms. The monoisotopic (exact) mass is 402 g/mol. The summed E-state index contributed by atoms with van der Waals surface area (Å²) in [5.41, 5.74) is 1.28. The Hall–Kier alpha value is -2.51. The smallest absolute Gasteiger partial charge is 0.244 e. The molecule has 2 aromatic carbocycles. The summed E-state index contributed by atoms with van der Waals surface area (Å²) in [5.74, 6) is -0.688. The highest BCUT2D eigenvalue weighted by Gasteiger charge is 2.26. The summed E-state index contributed by atoms with van der Waals surface area (Å²) < 4.78 is 40.0. The second kappa shape index (κ2) is 9.12. The summed E-state index contributed by atoms with van der Waals surface area (Å²) in [6.45, 7) is 1.56. The Balaban J connectivity index is 1.50. The highest BCUT2D eigenvalue weighted by Crippen LogP contribution is 2.21. The minimum atomic E-state index is -3.40. The highest BCUT2D eigenvalue weighted by molar-refractivity contribution is 7.89. The molecule has 0 atom stereocenters. The van der Waals surface area contributed by atoms with E-state index in [0.29, 0.717) is 36.5 Å². The molecule has 0 radical (unpaired) electrons. The number of benzene rings is 2. The van der Waals surface area contributed by atoms with Crippen LogP contribution >= 0.6 is 0 Å². The fourth-order valence-electron chi connectivity index (χ4n) is 3.07. The van der Waals surface area contributed by atoms with E-state index in [2.05, 4.69) is 5.32 Å². The molecule has 3 rings (SSSR count). The highest BCUT2D eigenvalue weighted by atomic mass is 32.2. The molecular formula is C21H23FN2O3S. The van der Waals surface area contributed by atoms with E-state index >= 15 is 0 Å². The van der Waals surface area contributed by atoms with Crippen LogP contribution < -0.4 is 5.32 Å². The fourth-order valence-corrected chi connectivity index (χ4v) is 4.59. The maximum absolute atomic E-state index is 13.5. The number of carbonyl (C=O) groups excluding carboxylic acids is 1. The lowest BCUT2D eigenvalue weighted by Gasteiger charge is -2.15. The van der Waals surface area contributed by atoms with Gasteiger partial charge in [-0.25, -0.2) is 12.8 Å². The van der Waals surface area contributed by atoms with E-state index in [0.717, 1.165) is 18.4 Å². The lowest BCUT2D eigenvalue weighted by atomic mass is 10.1. The minimum absolute atomic E-state index is 0.301.